The van der Waals surface area contributed by atoms with E-state index >= 15 is 0 Å². The SMILES string of the molecule is CC(=O)Nc1ccc(OC(=O)c2ccccc2C)cc1. The van der Waals surface area contributed by atoms with Crippen LogP contribution in [-0.2, 0) is 4.79 Å². The van der Waals surface area contributed by atoms with Crippen molar-refractivity contribution >= 4 is 17.6 Å². The molecule has 1 N–H and O–H groups in total. The van der Waals surface area contributed by atoms with Gasteiger partial charge in [-0.3, -0.25) is 4.79 Å². The minimum atomic E-state index is -0.393. The molecule has 2 aromatic rings. The minimum absolute atomic E-state index is 0.144. The van der Waals surface area contributed by atoms with Gasteiger partial charge in [-0.2, -0.15) is 0 Å². The smallest absolute Gasteiger partial charge is 0.343 e. The Morgan fingerprint density at radius 3 is 2.25 bits per heavy atom. The van der Waals surface area contributed by atoms with Crippen molar-refractivity contribution in [2.45, 2.75) is 13.8 Å². The molecule has 2 rings (SSSR count). The van der Waals surface area contributed by atoms with Gasteiger partial charge in [-0.1, -0.05) is 18.2 Å². The standard InChI is InChI=1S/C16H15NO3/c1-11-5-3-4-6-15(11)16(19)20-14-9-7-13(8-10-14)17-12(2)18/h3-10H,1-2H3,(H,17,18). The Morgan fingerprint density at radius 2 is 1.65 bits per heavy atom. The van der Waals surface area contributed by atoms with Crippen LogP contribution in [0.2, 0.25) is 0 Å². The van der Waals surface area contributed by atoms with Crippen molar-refractivity contribution in [1.82, 2.24) is 0 Å². The third kappa shape index (κ3) is 3.45. The third-order valence-corrected chi connectivity index (χ3v) is 2.75. The van der Waals surface area contributed by atoms with Crippen molar-refractivity contribution in [1.29, 1.82) is 0 Å². The van der Waals surface area contributed by atoms with Crippen molar-refractivity contribution in [2.75, 3.05) is 5.32 Å². The monoisotopic (exact) mass is 269 g/mol. The number of aryl methyl sites for hydroxylation is 1. The van der Waals surface area contributed by atoms with Gasteiger partial charge in [0.25, 0.3) is 0 Å². The molecule has 0 heterocycles. The summed E-state index contributed by atoms with van der Waals surface area (Å²) >= 11 is 0. The predicted molar refractivity (Wildman–Crippen MR) is 76.9 cm³/mol. The van der Waals surface area contributed by atoms with Gasteiger partial charge in [0.15, 0.2) is 0 Å². The number of amides is 1. The molecule has 0 aromatic heterocycles. The van der Waals surface area contributed by atoms with E-state index in [-0.39, 0.29) is 5.91 Å². The van der Waals surface area contributed by atoms with Gasteiger partial charge in [0.2, 0.25) is 5.91 Å². The molecule has 0 fully saturated rings. The van der Waals surface area contributed by atoms with Crippen LogP contribution in [0.15, 0.2) is 48.5 Å². The van der Waals surface area contributed by atoms with Crippen LogP contribution in [0.3, 0.4) is 0 Å². The molecule has 2 aromatic carbocycles. The van der Waals surface area contributed by atoms with Crippen molar-refractivity contribution in [3.8, 4) is 5.75 Å². The fourth-order valence-electron chi connectivity index (χ4n) is 1.77. The summed E-state index contributed by atoms with van der Waals surface area (Å²) in [6.07, 6.45) is 0. The normalized spacial score (nSPS) is 9.90. The van der Waals surface area contributed by atoms with Gasteiger partial charge in [0, 0.05) is 12.6 Å². The summed E-state index contributed by atoms with van der Waals surface area (Å²) in [4.78, 5) is 22.9. The van der Waals surface area contributed by atoms with Gasteiger partial charge in [-0.25, -0.2) is 4.79 Å². The zero-order chi connectivity index (χ0) is 14.5. The van der Waals surface area contributed by atoms with Crippen LogP contribution in [-0.4, -0.2) is 11.9 Å². The predicted octanol–water partition coefficient (Wildman–Crippen LogP) is 3.17. The number of rotatable bonds is 3. The molecule has 0 unspecified atom stereocenters. The number of esters is 1. The number of anilines is 1. The number of carbonyl (C=O) groups excluding carboxylic acids is 2. The van der Waals surface area contributed by atoms with E-state index in [0.717, 1.165) is 5.56 Å². The first-order chi connectivity index (χ1) is 9.56. The second-order valence-corrected chi connectivity index (χ2v) is 4.41. The molecular formula is C16H15NO3. The Morgan fingerprint density at radius 1 is 1.00 bits per heavy atom. The maximum Gasteiger partial charge on any atom is 0.343 e. The van der Waals surface area contributed by atoms with Crippen LogP contribution in [0.4, 0.5) is 5.69 Å². The Bertz CT molecular complexity index is 632. The van der Waals surface area contributed by atoms with Crippen molar-refractivity contribution in [2.24, 2.45) is 0 Å². The lowest BCUT2D eigenvalue weighted by atomic mass is 10.1. The van der Waals surface area contributed by atoms with E-state index in [1.54, 1.807) is 36.4 Å². The summed E-state index contributed by atoms with van der Waals surface area (Å²) in [5, 5.41) is 2.65. The highest BCUT2D eigenvalue weighted by atomic mass is 16.5. The van der Waals surface area contributed by atoms with E-state index in [4.69, 9.17) is 4.74 Å². The lowest BCUT2D eigenvalue weighted by Gasteiger charge is -2.07. The van der Waals surface area contributed by atoms with E-state index in [9.17, 15) is 9.59 Å². The first kappa shape index (κ1) is 13.8. The minimum Gasteiger partial charge on any atom is -0.423 e. The average Bonchev–Trinajstić information content (AvgIpc) is 2.41. The molecule has 0 bridgehead atoms. The fourth-order valence-corrected chi connectivity index (χ4v) is 1.77. The molecule has 0 aliphatic rings. The number of benzene rings is 2. The van der Waals surface area contributed by atoms with Crippen molar-refractivity contribution in [3.63, 3.8) is 0 Å². The number of nitrogens with one attached hydrogen (secondary N) is 1. The second-order valence-electron chi connectivity index (χ2n) is 4.41. The maximum atomic E-state index is 12.0. The lowest BCUT2D eigenvalue weighted by molar-refractivity contribution is -0.114. The molecule has 1 amide bonds. The largest absolute Gasteiger partial charge is 0.423 e. The van der Waals surface area contributed by atoms with E-state index in [1.165, 1.54) is 6.92 Å². The fraction of sp³-hybridized carbons (Fsp3) is 0.125. The first-order valence-corrected chi connectivity index (χ1v) is 6.22. The van der Waals surface area contributed by atoms with Crippen molar-refractivity contribution < 1.29 is 14.3 Å². The van der Waals surface area contributed by atoms with Gasteiger partial charge < -0.3 is 10.1 Å². The lowest BCUT2D eigenvalue weighted by Crippen LogP contribution is -2.10. The van der Waals surface area contributed by atoms with Gasteiger partial charge in [0.1, 0.15) is 5.75 Å². The summed E-state index contributed by atoms with van der Waals surface area (Å²) in [6.45, 7) is 3.29. The van der Waals surface area contributed by atoms with Gasteiger partial charge in [0.05, 0.1) is 5.56 Å². The summed E-state index contributed by atoms with van der Waals surface area (Å²) in [5.41, 5.74) is 2.07. The summed E-state index contributed by atoms with van der Waals surface area (Å²) in [5.74, 6) is -0.0996. The number of hydrogen-bond acceptors (Lipinski definition) is 3. The van der Waals surface area contributed by atoms with Crippen LogP contribution in [0.25, 0.3) is 0 Å². The average molecular weight is 269 g/mol. The molecule has 4 heteroatoms. The van der Waals surface area contributed by atoms with E-state index in [0.29, 0.717) is 17.0 Å². The highest BCUT2D eigenvalue weighted by Crippen LogP contribution is 2.18. The number of hydrogen-bond donors (Lipinski definition) is 1. The second kappa shape index (κ2) is 6.02. The zero-order valence-corrected chi connectivity index (χ0v) is 11.3. The van der Waals surface area contributed by atoms with Gasteiger partial charge in [-0.05, 0) is 42.8 Å². The topological polar surface area (TPSA) is 55.4 Å². The van der Waals surface area contributed by atoms with Crippen LogP contribution in [0.5, 0.6) is 5.75 Å². The molecule has 102 valence electrons. The Labute approximate surface area is 117 Å². The summed E-state index contributed by atoms with van der Waals surface area (Å²) in [6, 6.07) is 13.9. The van der Waals surface area contributed by atoms with Crippen LogP contribution in [0.1, 0.15) is 22.8 Å². The maximum absolute atomic E-state index is 12.0. The molecule has 4 nitrogen and oxygen atoms in total. The molecule has 0 saturated heterocycles. The van der Waals surface area contributed by atoms with Crippen molar-refractivity contribution in [3.05, 3.63) is 59.7 Å². The molecule has 0 aliphatic heterocycles. The molecule has 0 atom stereocenters. The highest BCUT2D eigenvalue weighted by molar-refractivity contribution is 5.92. The summed E-state index contributed by atoms with van der Waals surface area (Å²) in [7, 11) is 0. The molecule has 0 radical (unpaired) electrons. The van der Waals surface area contributed by atoms with E-state index < -0.39 is 5.97 Å². The Hall–Kier alpha value is -2.62. The molecule has 0 saturated carbocycles. The van der Waals surface area contributed by atoms with E-state index in [2.05, 4.69) is 5.32 Å². The number of carbonyl (C=O) groups is 2. The van der Waals surface area contributed by atoms with Crippen LogP contribution >= 0.6 is 0 Å². The molecular weight excluding hydrogens is 254 g/mol. The van der Waals surface area contributed by atoms with E-state index in [1.807, 2.05) is 19.1 Å². The molecule has 20 heavy (non-hydrogen) atoms. The quantitative estimate of drug-likeness (QED) is 0.687. The summed E-state index contributed by atoms with van der Waals surface area (Å²) < 4.78 is 5.29. The first-order valence-electron chi connectivity index (χ1n) is 6.22. The third-order valence-electron chi connectivity index (χ3n) is 2.75. The highest BCUT2D eigenvalue weighted by Gasteiger charge is 2.10. The Kier molecular flexibility index (Phi) is 4.15. The molecule has 0 spiro atoms. The van der Waals surface area contributed by atoms with Crippen LogP contribution < -0.4 is 10.1 Å². The zero-order valence-electron chi connectivity index (χ0n) is 11.3. The number of ether oxygens (including phenoxy) is 1. The van der Waals surface area contributed by atoms with Gasteiger partial charge >= 0.3 is 5.97 Å². The van der Waals surface area contributed by atoms with Crippen LogP contribution in [0, 0.1) is 6.92 Å². The molecule has 0 aliphatic carbocycles. The van der Waals surface area contributed by atoms with Gasteiger partial charge in [-0.15, -0.1) is 0 Å². The Balaban J connectivity index is 2.09.